The van der Waals surface area contributed by atoms with Gasteiger partial charge in [-0.15, -0.1) is 0 Å². The maximum Gasteiger partial charge on any atom is 0.129 e. The quantitative estimate of drug-likeness (QED) is 0.749. The summed E-state index contributed by atoms with van der Waals surface area (Å²) >= 11 is 5.90. The van der Waals surface area contributed by atoms with E-state index in [4.69, 9.17) is 11.6 Å². The molecule has 3 heteroatoms. The molecule has 1 aromatic heterocycles. The minimum absolute atomic E-state index is 0.560. The SMILES string of the molecule is CCCN1CCCC1c1cnc(Cl)cc1C. The number of pyridine rings is 1. The number of nitrogens with zero attached hydrogens (tertiary/aromatic N) is 2. The second-order valence-corrected chi connectivity index (χ2v) is 4.94. The van der Waals surface area contributed by atoms with Crippen molar-refractivity contribution in [1.29, 1.82) is 0 Å². The van der Waals surface area contributed by atoms with Gasteiger partial charge >= 0.3 is 0 Å². The van der Waals surface area contributed by atoms with E-state index in [2.05, 4.69) is 23.7 Å². The minimum Gasteiger partial charge on any atom is -0.296 e. The molecule has 88 valence electrons. The Morgan fingerprint density at radius 3 is 3.06 bits per heavy atom. The molecule has 0 bridgehead atoms. The number of hydrogen-bond acceptors (Lipinski definition) is 2. The second kappa shape index (κ2) is 5.15. The fourth-order valence-corrected chi connectivity index (χ4v) is 2.83. The topological polar surface area (TPSA) is 16.1 Å². The Hall–Kier alpha value is -0.600. The Bertz CT molecular complexity index is 365. The Kier molecular flexibility index (Phi) is 3.82. The summed E-state index contributed by atoms with van der Waals surface area (Å²) in [6, 6.07) is 2.53. The van der Waals surface area contributed by atoms with E-state index >= 15 is 0 Å². The van der Waals surface area contributed by atoms with Crippen LogP contribution in [0.1, 0.15) is 43.4 Å². The maximum atomic E-state index is 5.90. The molecular formula is C13H19ClN2. The largest absolute Gasteiger partial charge is 0.296 e. The predicted octanol–water partition coefficient (Wildman–Crippen LogP) is 3.59. The summed E-state index contributed by atoms with van der Waals surface area (Å²) in [7, 11) is 0. The van der Waals surface area contributed by atoms with Crippen LogP contribution in [0.4, 0.5) is 0 Å². The molecule has 0 saturated carbocycles. The van der Waals surface area contributed by atoms with Gasteiger partial charge in [0.1, 0.15) is 5.15 Å². The molecular weight excluding hydrogens is 220 g/mol. The van der Waals surface area contributed by atoms with Crippen molar-refractivity contribution in [3.63, 3.8) is 0 Å². The number of likely N-dealkylation sites (tertiary alicyclic amines) is 1. The lowest BCUT2D eigenvalue weighted by atomic mass is 10.0. The predicted molar refractivity (Wildman–Crippen MR) is 67.8 cm³/mol. The first-order valence-electron chi connectivity index (χ1n) is 6.08. The number of aromatic nitrogens is 1. The number of rotatable bonds is 3. The van der Waals surface area contributed by atoms with E-state index in [1.165, 1.54) is 43.5 Å². The highest BCUT2D eigenvalue weighted by atomic mass is 35.5. The zero-order valence-corrected chi connectivity index (χ0v) is 10.8. The van der Waals surface area contributed by atoms with Crippen LogP contribution in [0, 0.1) is 6.92 Å². The van der Waals surface area contributed by atoms with Gasteiger partial charge in [0.25, 0.3) is 0 Å². The molecule has 1 aliphatic heterocycles. The molecule has 0 aliphatic carbocycles. The van der Waals surface area contributed by atoms with E-state index in [0.717, 1.165) is 0 Å². The van der Waals surface area contributed by atoms with Gasteiger partial charge in [0.05, 0.1) is 0 Å². The number of halogens is 1. The van der Waals surface area contributed by atoms with Gasteiger partial charge in [0.15, 0.2) is 0 Å². The minimum atomic E-state index is 0.560. The molecule has 2 heterocycles. The molecule has 0 N–H and O–H groups in total. The van der Waals surface area contributed by atoms with Gasteiger partial charge in [0.2, 0.25) is 0 Å². The van der Waals surface area contributed by atoms with Gasteiger partial charge < -0.3 is 0 Å². The molecule has 0 aromatic carbocycles. The summed E-state index contributed by atoms with van der Waals surface area (Å²) in [6.07, 6.45) is 5.73. The Morgan fingerprint density at radius 2 is 2.38 bits per heavy atom. The van der Waals surface area contributed by atoms with Gasteiger partial charge in [-0.05, 0) is 56.5 Å². The van der Waals surface area contributed by atoms with Crippen LogP contribution in [-0.4, -0.2) is 23.0 Å². The van der Waals surface area contributed by atoms with Crippen LogP contribution < -0.4 is 0 Å². The Morgan fingerprint density at radius 1 is 1.56 bits per heavy atom. The molecule has 0 amide bonds. The summed E-state index contributed by atoms with van der Waals surface area (Å²) in [4.78, 5) is 6.79. The lowest BCUT2D eigenvalue weighted by molar-refractivity contribution is 0.257. The van der Waals surface area contributed by atoms with Gasteiger partial charge in [-0.25, -0.2) is 4.98 Å². The molecule has 0 radical (unpaired) electrons. The van der Waals surface area contributed by atoms with Crippen LogP contribution in [-0.2, 0) is 0 Å². The van der Waals surface area contributed by atoms with Crippen LogP contribution in [0.5, 0.6) is 0 Å². The van der Waals surface area contributed by atoms with Crippen LogP contribution in [0.25, 0.3) is 0 Å². The highest BCUT2D eigenvalue weighted by molar-refractivity contribution is 6.29. The van der Waals surface area contributed by atoms with Crippen LogP contribution >= 0.6 is 11.6 Å². The van der Waals surface area contributed by atoms with Gasteiger partial charge in [-0.3, -0.25) is 4.90 Å². The van der Waals surface area contributed by atoms with Crippen LogP contribution in [0.3, 0.4) is 0 Å². The number of hydrogen-bond donors (Lipinski definition) is 0. The van der Waals surface area contributed by atoms with E-state index in [0.29, 0.717) is 11.2 Å². The maximum absolute atomic E-state index is 5.90. The molecule has 1 fully saturated rings. The first-order chi connectivity index (χ1) is 7.72. The summed E-state index contributed by atoms with van der Waals surface area (Å²) in [6.45, 7) is 6.78. The summed E-state index contributed by atoms with van der Waals surface area (Å²) in [5.41, 5.74) is 2.63. The van der Waals surface area contributed by atoms with E-state index in [9.17, 15) is 0 Å². The average molecular weight is 239 g/mol. The van der Waals surface area contributed by atoms with E-state index in [1.807, 2.05) is 12.3 Å². The second-order valence-electron chi connectivity index (χ2n) is 4.56. The molecule has 1 aliphatic rings. The Balaban J connectivity index is 2.22. The third-order valence-electron chi connectivity index (χ3n) is 3.35. The van der Waals surface area contributed by atoms with Crippen molar-refractivity contribution >= 4 is 11.6 Å². The molecule has 1 aromatic rings. The van der Waals surface area contributed by atoms with Gasteiger partial charge in [-0.2, -0.15) is 0 Å². The normalized spacial score (nSPS) is 21.6. The van der Waals surface area contributed by atoms with Gasteiger partial charge in [-0.1, -0.05) is 18.5 Å². The third-order valence-corrected chi connectivity index (χ3v) is 3.56. The zero-order valence-electron chi connectivity index (χ0n) is 10.0. The molecule has 2 nitrogen and oxygen atoms in total. The van der Waals surface area contributed by atoms with E-state index in [-0.39, 0.29) is 0 Å². The zero-order chi connectivity index (χ0) is 11.5. The fourth-order valence-electron chi connectivity index (χ4n) is 2.61. The molecule has 1 saturated heterocycles. The highest BCUT2D eigenvalue weighted by Gasteiger charge is 2.26. The van der Waals surface area contributed by atoms with Crippen molar-refractivity contribution in [3.8, 4) is 0 Å². The molecule has 1 atom stereocenters. The third kappa shape index (κ3) is 2.38. The molecule has 0 spiro atoms. The van der Waals surface area contributed by atoms with Crippen LogP contribution in [0.15, 0.2) is 12.3 Å². The monoisotopic (exact) mass is 238 g/mol. The number of aryl methyl sites for hydroxylation is 1. The lowest BCUT2D eigenvalue weighted by Crippen LogP contribution is -2.24. The van der Waals surface area contributed by atoms with E-state index in [1.54, 1.807) is 0 Å². The summed E-state index contributed by atoms with van der Waals surface area (Å²) < 4.78 is 0. The van der Waals surface area contributed by atoms with Crippen molar-refractivity contribution in [1.82, 2.24) is 9.88 Å². The van der Waals surface area contributed by atoms with Crippen molar-refractivity contribution in [2.45, 2.75) is 39.2 Å². The van der Waals surface area contributed by atoms with Crippen LogP contribution in [0.2, 0.25) is 5.15 Å². The Labute approximate surface area is 103 Å². The first kappa shape index (κ1) is 11.9. The highest BCUT2D eigenvalue weighted by Crippen LogP contribution is 2.33. The van der Waals surface area contributed by atoms with Crippen molar-refractivity contribution in [3.05, 3.63) is 28.5 Å². The van der Waals surface area contributed by atoms with Crippen molar-refractivity contribution < 1.29 is 0 Å². The standard InChI is InChI=1S/C13H19ClN2/c1-3-6-16-7-4-5-12(16)11-9-15-13(14)8-10(11)2/h8-9,12H,3-7H2,1-2H3. The van der Waals surface area contributed by atoms with E-state index < -0.39 is 0 Å². The summed E-state index contributed by atoms with van der Waals surface area (Å²) in [5, 5.41) is 0.598. The summed E-state index contributed by atoms with van der Waals surface area (Å²) in [5.74, 6) is 0. The molecule has 16 heavy (non-hydrogen) atoms. The fraction of sp³-hybridized carbons (Fsp3) is 0.615. The van der Waals surface area contributed by atoms with Crippen molar-refractivity contribution in [2.75, 3.05) is 13.1 Å². The molecule has 2 rings (SSSR count). The smallest absolute Gasteiger partial charge is 0.129 e. The lowest BCUT2D eigenvalue weighted by Gasteiger charge is -2.25. The average Bonchev–Trinajstić information content (AvgIpc) is 2.67. The van der Waals surface area contributed by atoms with Gasteiger partial charge in [0, 0.05) is 12.2 Å². The molecule has 1 unspecified atom stereocenters. The first-order valence-corrected chi connectivity index (χ1v) is 6.46. The van der Waals surface area contributed by atoms with Crippen molar-refractivity contribution in [2.24, 2.45) is 0 Å².